The molecule has 0 fully saturated rings. The topological polar surface area (TPSA) is 88.7 Å². The summed E-state index contributed by atoms with van der Waals surface area (Å²) in [6, 6.07) is 18.5. The van der Waals surface area contributed by atoms with Gasteiger partial charge in [0.25, 0.3) is 11.8 Å². The van der Waals surface area contributed by atoms with Crippen molar-refractivity contribution in [3.63, 3.8) is 0 Å². The van der Waals surface area contributed by atoms with Crippen LogP contribution >= 0.6 is 23.8 Å². The minimum atomic E-state index is -0.364. The van der Waals surface area contributed by atoms with Crippen LogP contribution < -0.4 is 25.4 Å². The van der Waals surface area contributed by atoms with Gasteiger partial charge in [0.15, 0.2) is 5.11 Å². The van der Waals surface area contributed by atoms with Gasteiger partial charge < -0.3 is 20.1 Å². The molecule has 0 spiro atoms. The van der Waals surface area contributed by atoms with E-state index >= 15 is 0 Å². The highest BCUT2D eigenvalue weighted by molar-refractivity contribution is 7.80. The van der Waals surface area contributed by atoms with Gasteiger partial charge in [-0.1, -0.05) is 23.7 Å². The summed E-state index contributed by atoms with van der Waals surface area (Å²) in [7, 11) is 1.48. The zero-order valence-corrected chi connectivity index (χ0v) is 20.4. The lowest BCUT2D eigenvalue weighted by Crippen LogP contribution is -2.34. The number of carbonyl (C=O) groups excluding carboxylic acids is 2. The van der Waals surface area contributed by atoms with Gasteiger partial charge >= 0.3 is 0 Å². The molecule has 0 aliphatic carbocycles. The van der Waals surface area contributed by atoms with Crippen molar-refractivity contribution in [3.8, 4) is 11.5 Å². The lowest BCUT2D eigenvalue weighted by atomic mass is 10.2. The minimum Gasteiger partial charge on any atom is -0.494 e. The third kappa shape index (κ3) is 6.69. The average Bonchev–Trinajstić information content (AvgIpc) is 2.80. The Bertz CT molecular complexity index is 1200. The fourth-order valence-corrected chi connectivity index (χ4v) is 3.43. The number of anilines is 2. The van der Waals surface area contributed by atoms with Crippen molar-refractivity contribution in [1.82, 2.24) is 5.32 Å². The van der Waals surface area contributed by atoms with Crippen molar-refractivity contribution < 1.29 is 19.1 Å². The maximum atomic E-state index is 12.6. The molecule has 0 atom stereocenters. The molecule has 3 aromatic rings. The summed E-state index contributed by atoms with van der Waals surface area (Å²) < 4.78 is 11.0. The molecule has 0 aromatic heterocycles. The number of methoxy groups -OCH3 is 1. The van der Waals surface area contributed by atoms with Crippen LogP contribution in [0.3, 0.4) is 0 Å². The monoisotopic (exact) mass is 497 g/mol. The number of halogens is 1. The van der Waals surface area contributed by atoms with Crippen molar-refractivity contribution in [2.45, 2.75) is 20.0 Å². The Morgan fingerprint density at radius 3 is 2.29 bits per heavy atom. The molecule has 34 heavy (non-hydrogen) atoms. The van der Waals surface area contributed by atoms with Gasteiger partial charge in [-0.15, -0.1) is 0 Å². The number of rotatable bonds is 7. The fraction of sp³-hybridized carbons (Fsp3) is 0.160. The van der Waals surface area contributed by atoms with E-state index in [9.17, 15) is 9.59 Å². The van der Waals surface area contributed by atoms with E-state index in [1.807, 2.05) is 13.8 Å². The second kappa shape index (κ2) is 11.5. The van der Waals surface area contributed by atoms with E-state index in [1.165, 1.54) is 7.11 Å². The van der Waals surface area contributed by atoms with Crippen LogP contribution in [0.5, 0.6) is 11.5 Å². The average molecular weight is 498 g/mol. The third-order valence-corrected chi connectivity index (χ3v) is 5.08. The second-order valence-electron chi connectivity index (χ2n) is 7.45. The molecule has 3 rings (SSSR count). The highest BCUT2D eigenvalue weighted by Crippen LogP contribution is 2.29. The molecule has 176 valence electrons. The first kappa shape index (κ1) is 25.0. The molecule has 0 unspecified atom stereocenters. The predicted molar refractivity (Wildman–Crippen MR) is 138 cm³/mol. The number of ether oxygens (including phenoxy) is 2. The molecule has 0 aliphatic rings. The van der Waals surface area contributed by atoms with Crippen LogP contribution in [0.25, 0.3) is 0 Å². The van der Waals surface area contributed by atoms with Gasteiger partial charge in [0.2, 0.25) is 0 Å². The molecule has 0 saturated heterocycles. The van der Waals surface area contributed by atoms with E-state index in [-0.39, 0.29) is 23.0 Å². The van der Waals surface area contributed by atoms with Gasteiger partial charge in [-0.05, 0) is 74.6 Å². The van der Waals surface area contributed by atoms with Crippen LogP contribution in [0.1, 0.15) is 34.6 Å². The Morgan fingerprint density at radius 1 is 0.941 bits per heavy atom. The van der Waals surface area contributed by atoms with E-state index in [0.717, 1.165) is 0 Å². The Kier molecular flexibility index (Phi) is 8.45. The fourth-order valence-electron chi connectivity index (χ4n) is 3.00. The van der Waals surface area contributed by atoms with Crippen molar-refractivity contribution in [3.05, 3.63) is 82.9 Å². The van der Waals surface area contributed by atoms with Crippen LogP contribution in [0.4, 0.5) is 11.4 Å². The summed E-state index contributed by atoms with van der Waals surface area (Å²) in [6.07, 6.45) is 0.0456. The number of thiocarbonyl (C=S) groups is 1. The van der Waals surface area contributed by atoms with E-state index < -0.39 is 0 Å². The lowest BCUT2D eigenvalue weighted by molar-refractivity contribution is 0.0976. The standard InChI is InChI=1S/C25H24ClN3O4S/c1-15(2)33-18-11-8-16(9-12-18)23(30)29-25(34)27-17-10-13-21(22(14-17)32-3)28-24(31)19-6-4-5-7-20(19)26/h4-15H,1-3H3,(H,28,31)(H2,27,29,30,34). The van der Waals surface area contributed by atoms with Crippen LogP contribution in [-0.2, 0) is 0 Å². The van der Waals surface area contributed by atoms with Crippen molar-refractivity contribution in [2.24, 2.45) is 0 Å². The van der Waals surface area contributed by atoms with E-state index in [4.69, 9.17) is 33.3 Å². The van der Waals surface area contributed by atoms with Gasteiger partial charge in [-0.25, -0.2) is 0 Å². The van der Waals surface area contributed by atoms with Crippen LogP contribution in [-0.4, -0.2) is 30.1 Å². The Balaban J connectivity index is 1.63. The molecule has 3 N–H and O–H groups in total. The normalized spacial score (nSPS) is 10.4. The molecule has 0 saturated carbocycles. The Hall–Kier alpha value is -3.62. The lowest BCUT2D eigenvalue weighted by Gasteiger charge is -2.14. The van der Waals surface area contributed by atoms with Gasteiger partial charge in [-0.3, -0.25) is 14.9 Å². The summed E-state index contributed by atoms with van der Waals surface area (Å²) in [6.45, 7) is 3.86. The first-order valence-corrected chi connectivity index (χ1v) is 11.2. The molecule has 0 aliphatic heterocycles. The number of benzene rings is 3. The highest BCUT2D eigenvalue weighted by Gasteiger charge is 2.14. The molecule has 7 nitrogen and oxygen atoms in total. The Labute approximate surface area is 208 Å². The highest BCUT2D eigenvalue weighted by atomic mass is 35.5. The van der Waals surface area contributed by atoms with E-state index in [0.29, 0.717) is 39.0 Å². The second-order valence-corrected chi connectivity index (χ2v) is 8.26. The van der Waals surface area contributed by atoms with Gasteiger partial charge in [0, 0.05) is 17.3 Å². The smallest absolute Gasteiger partial charge is 0.257 e. The molecular weight excluding hydrogens is 474 g/mol. The van der Waals surface area contributed by atoms with Gasteiger partial charge in [0.05, 0.1) is 29.5 Å². The predicted octanol–water partition coefficient (Wildman–Crippen LogP) is 5.51. The van der Waals surface area contributed by atoms with Crippen LogP contribution in [0.15, 0.2) is 66.7 Å². The molecule has 9 heteroatoms. The van der Waals surface area contributed by atoms with E-state index in [2.05, 4.69) is 16.0 Å². The molecule has 3 aromatic carbocycles. The number of hydrogen-bond acceptors (Lipinski definition) is 5. The van der Waals surface area contributed by atoms with Crippen molar-refractivity contribution >= 4 is 52.1 Å². The molecular formula is C25H24ClN3O4S. The van der Waals surface area contributed by atoms with E-state index in [1.54, 1.807) is 66.7 Å². The molecule has 0 bridgehead atoms. The number of hydrogen-bond donors (Lipinski definition) is 3. The molecule has 2 amide bonds. The summed E-state index contributed by atoms with van der Waals surface area (Å²) in [5.41, 5.74) is 1.81. The zero-order valence-electron chi connectivity index (χ0n) is 18.8. The molecule has 0 heterocycles. The summed E-state index contributed by atoms with van der Waals surface area (Å²) in [4.78, 5) is 25.0. The van der Waals surface area contributed by atoms with Crippen molar-refractivity contribution in [2.75, 3.05) is 17.7 Å². The summed E-state index contributed by atoms with van der Waals surface area (Å²) in [5, 5.41) is 8.81. The SMILES string of the molecule is COc1cc(NC(=S)NC(=O)c2ccc(OC(C)C)cc2)ccc1NC(=O)c1ccccc1Cl. The number of nitrogens with one attached hydrogen (secondary N) is 3. The summed E-state index contributed by atoms with van der Waals surface area (Å²) >= 11 is 11.4. The Morgan fingerprint density at radius 2 is 1.65 bits per heavy atom. The number of carbonyl (C=O) groups is 2. The maximum Gasteiger partial charge on any atom is 0.257 e. The quantitative estimate of drug-likeness (QED) is 0.373. The largest absolute Gasteiger partial charge is 0.494 e. The first-order valence-electron chi connectivity index (χ1n) is 10.4. The minimum absolute atomic E-state index is 0.0456. The van der Waals surface area contributed by atoms with Crippen LogP contribution in [0, 0.1) is 0 Å². The maximum absolute atomic E-state index is 12.6. The zero-order chi connectivity index (χ0) is 24.7. The third-order valence-electron chi connectivity index (χ3n) is 4.54. The van der Waals surface area contributed by atoms with Crippen LogP contribution in [0.2, 0.25) is 5.02 Å². The number of amides is 2. The summed E-state index contributed by atoms with van der Waals surface area (Å²) in [5.74, 6) is 0.364. The first-order chi connectivity index (χ1) is 16.3. The van der Waals surface area contributed by atoms with Gasteiger partial charge in [0.1, 0.15) is 11.5 Å². The van der Waals surface area contributed by atoms with Crippen molar-refractivity contribution in [1.29, 1.82) is 0 Å². The molecule has 0 radical (unpaired) electrons. The van der Waals surface area contributed by atoms with Gasteiger partial charge in [-0.2, -0.15) is 0 Å².